The second kappa shape index (κ2) is 12.2. The Morgan fingerprint density at radius 1 is 0.353 bits per heavy atom. The maximum Gasteiger partial charge on any atom is 0.160 e. The highest BCUT2D eigenvalue weighted by molar-refractivity contribution is 7.26. The Morgan fingerprint density at radius 3 is 1.71 bits per heavy atom. The number of fused-ring (bicyclic) bond motifs is 7. The van der Waals surface area contributed by atoms with Gasteiger partial charge in [-0.05, 0) is 74.6 Å². The van der Waals surface area contributed by atoms with E-state index in [1.165, 1.54) is 58.4 Å². The Kier molecular flexibility index (Phi) is 7.04. The smallest absolute Gasteiger partial charge is 0.160 e. The topological polar surface area (TPSA) is 25.8 Å². The molecular weight excluding hydrogens is 637 g/mol. The fourth-order valence-corrected chi connectivity index (χ4v) is 8.65. The lowest BCUT2D eigenvalue weighted by Gasteiger charge is -2.15. The molecule has 0 atom stereocenters. The van der Waals surface area contributed by atoms with Crippen LogP contribution in [0.4, 0.5) is 0 Å². The van der Waals surface area contributed by atoms with Gasteiger partial charge in [-0.25, -0.2) is 9.97 Å². The van der Waals surface area contributed by atoms with E-state index in [0.717, 1.165) is 33.6 Å². The molecule has 2 aromatic heterocycles. The molecule has 0 spiro atoms. The first-order valence-corrected chi connectivity index (χ1v) is 18.1. The molecule has 51 heavy (non-hydrogen) atoms. The van der Waals surface area contributed by atoms with Crippen LogP contribution in [0.25, 0.3) is 97.9 Å². The van der Waals surface area contributed by atoms with Crippen molar-refractivity contribution in [2.24, 2.45) is 0 Å². The van der Waals surface area contributed by atoms with E-state index in [-0.39, 0.29) is 0 Å². The van der Waals surface area contributed by atoms with Crippen molar-refractivity contribution in [2.75, 3.05) is 0 Å². The highest BCUT2D eigenvalue weighted by Gasteiger charge is 2.19. The van der Waals surface area contributed by atoms with Crippen LogP contribution in [0.5, 0.6) is 0 Å². The molecule has 0 aliphatic heterocycles. The number of rotatable bonds is 5. The number of hydrogen-bond donors (Lipinski definition) is 0. The lowest BCUT2D eigenvalue weighted by atomic mass is 9.90. The van der Waals surface area contributed by atoms with Crippen LogP contribution >= 0.6 is 11.3 Å². The van der Waals surface area contributed by atoms with Gasteiger partial charge in [-0.3, -0.25) is 0 Å². The standard InChI is InChI=1S/C48H30N2S/c1-4-14-31(15-5-1)35-26-36(28-37(27-35)44-30-43(33-17-6-2-7-18-33)49-48(50-44)34-19-8-3-9-20-34)41-29-42-38-21-11-10-16-32(38)24-25-39(42)46-40-22-12-13-23-45(40)51-47(41)46/h1-30H. The van der Waals surface area contributed by atoms with Crippen LogP contribution in [-0.4, -0.2) is 9.97 Å². The van der Waals surface area contributed by atoms with Gasteiger partial charge >= 0.3 is 0 Å². The first-order chi connectivity index (χ1) is 25.3. The molecule has 0 amide bonds. The summed E-state index contributed by atoms with van der Waals surface area (Å²) < 4.78 is 2.59. The van der Waals surface area contributed by atoms with Gasteiger partial charge in [0.2, 0.25) is 0 Å². The minimum atomic E-state index is 0.711. The molecule has 2 heterocycles. The van der Waals surface area contributed by atoms with Crippen molar-refractivity contribution in [2.45, 2.75) is 0 Å². The fourth-order valence-electron chi connectivity index (χ4n) is 7.39. The fraction of sp³-hybridized carbons (Fsp3) is 0. The molecule has 0 aliphatic carbocycles. The third-order valence-electron chi connectivity index (χ3n) is 9.84. The van der Waals surface area contributed by atoms with E-state index in [9.17, 15) is 0 Å². The molecule has 0 aliphatic rings. The zero-order valence-corrected chi connectivity index (χ0v) is 28.4. The summed E-state index contributed by atoms with van der Waals surface area (Å²) in [5, 5.41) is 7.70. The van der Waals surface area contributed by atoms with E-state index >= 15 is 0 Å². The molecule has 0 bridgehead atoms. The molecule has 238 valence electrons. The minimum absolute atomic E-state index is 0.711. The number of benzene rings is 8. The van der Waals surface area contributed by atoms with Gasteiger partial charge in [0.05, 0.1) is 11.4 Å². The summed E-state index contributed by atoms with van der Waals surface area (Å²) in [6, 6.07) is 65.0. The molecule has 10 rings (SSSR count). The lowest BCUT2D eigenvalue weighted by molar-refractivity contribution is 1.18. The largest absolute Gasteiger partial charge is 0.228 e. The van der Waals surface area contributed by atoms with E-state index in [0.29, 0.717) is 5.82 Å². The molecule has 0 saturated heterocycles. The van der Waals surface area contributed by atoms with Crippen molar-refractivity contribution in [3.8, 4) is 56.2 Å². The Hall–Kier alpha value is -6.42. The minimum Gasteiger partial charge on any atom is -0.228 e. The van der Waals surface area contributed by atoms with Crippen LogP contribution in [0.1, 0.15) is 0 Å². The molecule has 0 saturated carbocycles. The third kappa shape index (κ3) is 5.18. The third-order valence-corrected chi connectivity index (χ3v) is 11.0. The van der Waals surface area contributed by atoms with Gasteiger partial charge in [0.25, 0.3) is 0 Å². The second-order valence-electron chi connectivity index (χ2n) is 13.0. The second-order valence-corrected chi connectivity index (χ2v) is 14.0. The number of hydrogen-bond acceptors (Lipinski definition) is 3. The van der Waals surface area contributed by atoms with E-state index in [1.54, 1.807) is 0 Å². The van der Waals surface area contributed by atoms with Crippen LogP contribution in [0.3, 0.4) is 0 Å². The van der Waals surface area contributed by atoms with Gasteiger partial charge in [-0.1, -0.05) is 146 Å². The molecule has 0 unspecified atom stereocenters. The average molecular weight is 667 g/mol. The Labute approximate surface area is 300 Å². The highest BCUT2D eigenvalue weighted by Crippen LogP contribution is 2.47. The zero-order chi connectivity index (χ0) is 33.7. The summed E-state index contributed by atoms with van der Waals surface area (Å²) >= 11 is 1.88. The van der Waals surface area contributed by atoms with Crippen molar-refractivity contribution < 1.29 is 0 Å². The summed E-state index contributed by atoms with van der Waals surface area (Å²) in [4.78, 5) is 10.3. The van der Waals surface area contributed by atoms with Gasteiger partial charge in [0, 0.05) is 42.4 Å². The first-order valence-electron chi connectivity index (χ1n) is 17.2. The van der Waals surface area contributed by atoms with Gasteiger partial charge in [0.1, 0.15) is 0 Å². The average Bonchev–Trinajstić information content (AvgIpc) is 3.61. The molecule has 0 N–H and O–H groups in total. The van der Waals surface area contributed by atoms with Crippen LogP contribution in [0.2, 0.25) is 0 Å². The summed E-state index contributed by atoms with van der Waals surface area (Å²) in [6.45, 7) is 0. The van der Waals surface area contributed by atoms with Crippen LogP contribution in [0, 0.1) is 0 Å². The van der Waals surface area contributed by atoms with E-state index in [2.05, 4.69) is 158 Å². The maximum atomic E-state index is 5.25. The number of aromatic nitrogens is 2. The maximum absolute atomic E-state index is 5.25. The first kappa shape index (κ1) is 29.5. The summed E-state index contributed by atoms with van der Waals surface area (Å²) in [5.41, 5.74) is 9.60. The zero-order valence-electron chi connectivity index (χ0n) is 27.6. The predicted octanol–water partition coefficient (Wildman–Crippen LogP) is 13.5. The van der Waals surface area contributed by atoms with Crippen LogP contribution < -0.4 is 0 Å². The quantitative estimate of drug-likeness (QED) is 0.171. The summed E-state index contributed by atoms with van der Waals surface area (Å²) in [7, 11) is 0. The van der Waals surface area contributed by atoms with Crippen molar-refractivity contribution in [1.82, 2.24) is 9.97 Å². The lowest BCUT2D eigenvalue weighted by Crippen LogP contribution is -1.96. The normalized spacial score (nSPS) is 11.5. The Balaban J connectivity index is 1.29. The summed E-state index contributed by atoms with van der Waals surface area (Å²) in [5.74, 6) is 0.711. The van der Waals surface area contributed by atoms with Crippen molar-refractivity contribution in [3.63, 3.8) is 0 Å². The van der Waals surface area contributed by atoms with Crippen molar-refractivity contribution in [1.29, 1.82) is 0 Å². The monoisotopic (exact) mass is 666 g/mol. The SMILES string of the molecule is c1ccc(-c2cc(-c3cc(-c4ccccc4)nc(-c4ccccc4)n3)cc(-c3cc4c5ccccc5ccc4c4c3sc3ccccc34)c2)cc1. The molecule has 10 aromatic rings. The molecule has 0 fully saturated rings. The molecule has 2 nitrogen and oxygen atoms in total. The number of nitrogens with zero attached hydrogens (tertiary/aromatic N) is 2. The van der Waals surface area contributed by atoms with Gasteiger partial charge < -0.3 is 0 Å². The summed E-state index contributed by atoms with van der Waals surface area (Å²) in [6.07, 6.45) is 0. The number of thiophene rings is 1. The van der Waals surface area contributed by atoms with E-state index in [4.69, 9.17) is 9.97 Å². The van der Waals surface area contributed by atoms with E-state index in [1.807, 2.05) is 35.6 Å². The van der Waals surface area contributed by atoms with Gasteiger partial charge in [-0.15, -0.1) is 11.3 Å². The van der Waals surface area contributed by atoms with Crippen LogP contribution in [0.15, 0.2) is 182 Å². The molecule has 8 aromatic carbocycles. The van der Waals surface area contributed by atoms with Gasteiger partial charge in [-0.2, -0.15) is 0 Å². The van der Waals surface area contributed by atoms with Crippen LogP contribution in [-0.2, 0) is 0 Å². The van der Waals surface area contributed by atoms with Gasteiger partial charge in [0.15, 0.2) is 5.82 Å². The predicted molar refractivity (Wildman–Crippen MR) is 217 cm³/mol. The molecule has 3 heteroatoms. The Bertz CT molecular complexity index is 2840. The Morgan fingerprint density at radius 2 is 0.941 bits per heavy atom. The van der Waals surface area contributed by atoms with Crippen molar-refractivity contribution >= 4 is 53.1 Å². The molecular formula is C48H30N2S. The van der Waals surface area contributed by atoms with Crippen molar-refractivity contribution in [3.05, 3.63) is 182 Å². The highest BCUT2D eigenvalue weighted by atomic mass is 32.1. The molecule has 0 radical (unpaired) electrons. The van der Waals surface area contributed by atoms with E-state index < -0.39 is 0 Å².